The molecule has 0 aromatic heterocycles. The number of Topliss-reactive ketones (excluding diaryl/α,β-unsaturated/α-hetero) is 1. The van der Waals surface area contributed by atoms with E-state index in [2.05, 4.69) is 4.18 Å². The molecule has 0 saturated carbocycles. The van der Waals surface area contributed by atoms with Gasteiger partial charge in [0.15, 0.2) is 5.78 Å². The lowest BCUT2D eigenvalue weighted by molar-refractivity contribution is -0.147. The summed E-state index contributed by atoms with van der Waals surface area (Å²) in [6, 6.07) is 3.24. The third-order valence-electron chi connectivity index (χ3n) is 2.57. The van der Waals surface area contributed by atoms with Gasteiger partial charge in [-0.15, -0.1) is 0 Å². The number of carbonyl (C=O) groups excluding carboxylic acids is 1. The number of hydrogen-bond acceptors (Lipinski definition) is 5. The first-order chi connectivity index (χ1) is 10.0. The maximum Gasteiger partial charge on any atom is 0.331 e. The number of halogens is 4. The Balaban J connectivity index is 3.16. The van der Waals surface area contributed by atoms with Crippen LogP contribution in [0.15, 0.2) is 23.1 Å². The number of carbonyl (C=O) groups is 1. The first kappa shape index (κ1) is 18.4. The van der Waals surface area contributed by atoms with Gasteiger partial charge in [-0.3, -0.25) is 8.98 Å². The van der Waals surface area contributed by atoms with Crippen LogP contribution in [0.5, 0.6) is 5.75 Å². The van der Waals surface area contributed by atoms with Crippen molar-refractivity contribution in [1.29, 1.82) is 0 Å². The van der Waals surface area contributed by atoms with Gasteiger partial charge in [0, 0.05) is 5.56 Å². The van der Waals surface area contributed by atoms with Crippen molar-refractivity contribution in [3.63, 3.8) is 0 Å². The largest absolute Gasteiger partial charge is 0.495 e. The lowest BCUT2D eigenvalue weighted by atomic mass is 10.1. The van der Waals surface area contributed by atoms with Crippen LogP contribution in [0.25, 0.3) is 0 Å². The molecule has 0 fully saturated rings. The third kappa shape index (κ3) is 4.17. The fourth-order valence-corrected chi connectivity index (χ4v) is 2.48. The minimum absolute atomic E-state index is 0.0383. The van der Waals surface area contributed by atoms with Gasteiger partial charge < -0.3 is 4.74 Å². The van der Waals surface area contributed by atoms with Crippen molar-refractivity contribution in [2.45, 2.75) is 24.2 Å². The van der Waals surface area contributed by atoms with Crippen molar-refractivity contribution in [2.75, 3.05) is 13.7 Å². The monoisotopic (exact) mass is 344 g/mol. The number of hydrogen-bond donors (Lipinski definition) is 0. The summed E-state index contributed by atoms with van der Waals surface area (Å²) in [5, 5.41) is 0. The summed E-state index contributed by atoms with van der Waals surface area (Å²) in [5.41, 5.74) is -0.0383. The third-order valence-corrected chi connectivity index (χ3v) is 3.85. The van der Waals surface area contributed by atoms with Gasteiger partial charge in [0.05, 0.1) is 7.11 Å². The van der Waals surface area contributed by atoms with Gasteiger partial charge in [-0.05, 0) is 25.1 Å². The predicted octanol–water partition coefficient (Wildman–Crippen LogP) is 2.50. The smallest absolute Gasteiger partial charge is 0.331 e. The number of ketones is 1. The van der Waals surface area contributed by atoms with Crippen LogP contribution < -0.4 is 4.74 Å². The maximum atomic E-state index is 12.8. The zero-order chi connectivity index (χ0) is 17.1. The maximum absolute atomic E-state index is 12.8. The topological polar surface area (TPSA) is 69.7 Å². The van der Waals surface area contributed by atoms with Crippen LogP contribution in [0.1, 0.15) is 17.3 Å². The number of methoxy groups -OCH3 is 1. The number of alkyl halides is 4. The molecule has 0 unspecified atom stereocenters. The van der Waals surface area contributed by atoms with Crippen LogP contribution in [0.3, 0.4) is 0 Å². The Labute approximate surface area is 124 Å². The normalized spacial score (nSPS) is 12.5. The summed E-state index contributed by atoms with van der Waals surface area (Å²) >= 11 is 0. The van der Waals surface area contributed by atoms with Crippen molar-refractivity contribution in [3.8, 4) is 5.75 Å². The molecular weight excluding hydrogens is 332 g/mol. The molecule has 0 saturated heterocycles. The second-order valence-corrected chi connectivity index (χ2v) is 5.78. The number of ether oxygens (including phenoxy) is 1. The Kier molecular flexibility index (Phi) is 5.52. The molecule has 0 radical (unpaired) electrons. The van der Waals surface area contributed by atoms with Gasteiger partial charge in [-0.1, -0.05) is 0 Å². The first-order valence-corrected chi connectivity index (χ1v) is 7.16. The van der Waals surface area contributed by atoms with Crippen LogP contribution >= 0.6 is 0 Å². The second kappa shape index (κ2) is 6.61. The average molecular weight is 344 g/mol. The molecule has 0 aliphatic carbocycles. The van der Waals surface area contributed by atoms with Gasteiger partial charge in [-0.25, -0.2) is 8.78 Å². The molecule has 5 nitrogen and oxygen atoms in total. The molecule has 1 aromatic carbocycles. The summed E-state index contributed by atoms with van der Waals surface area (Å²) in [6.45, 7) is -0.871. The SMILES string of the molecule is COc1ccc(C(C)=O)cc1S(=O)(=O)OCC(F)(F)C(F)F. The lowest BCUT2D eigenvalue weighted by Crippen LogP contribution is -2.33. The van der Waals surface area contributed by atoms with Crippen LogP contribution in [0.4, 0.5) is 17.6 Å². The second-order valence-electron chi connectivity index (χ2n) is 4.20. The zero-order valence-electron chi connectivity index (χ0n) is 11.5. The van der Waals surface area contributed by atoms with E-state index in [9.17, 15) is 30.8 Å². The minimum Gasteiger partial charge on any atom is -0.495 e. The standard InChI is InChI=1S/C12H12F4O5S/c1-7(17)8-3-4-9(20-2)10(5-8)22(18,19)21-6-12(15,16)11(13)14/h3-5,11H,6H2,1-2H3. The van der Waals surface area contributed by atoms with E-state index in [1.807, 2.05) is 0 Å². The average Bonchev–Trinajstić information content (AvgIpc) is 2.44. The van der Waals surface area contributed by atoms with Gasteiger partial charge in [-0.2, -0.15) is 17.2 Å². The summed E-state index contributed by atoms with van der Waals surface area (Å²) < 4.78 is 82.0. The molecule has 0 amide bonds. The highest BCUT2D eigenvalue weighted by Crippen LogP contribution is 2.29. The van der Waals surface area contributed by atoms with Crippen LogP contribution in [-0.2, 0) is 14.3 Å². The van der Waals surface area contributed by atoms with Crippen molar-refractivity contribution < 1.29 is 39.7 Å². The molecule has 1 aromatic rings. The van der Waals surface area contributed by atoms with Gasteiger partial charge >= 0.3 is 22.5 Å². The Morgan fingerprint density at radius 2 is 1.91 bits per heavy atom. The van der Waals surface area contributed by atoms with Crippen molar-refractivity contribution in [2.24, 2.45) is 0 Å². The van der Waals surface area contributed by atoms with E-state index in [1.165, 1.54) is 6.07 Å². The molecule has 0 aliphatic rings. The van der Waals surface area contributed by atoms with Crippen molar-refractivity contribution in [3.05, 3.63) is 23.8 Å². The molecule has 124 valence electrons. The van der Waals surface area contributed by atoms with Crippen molar-refractivity contribution >= 4 is 15.9 Å². The minimum atomic E-state index is -4.82. The van der Waals surface area contributed by atoms with E-state index in [4.69, 9.17) is 4.74 Å². The first-order valence-electron chi connectivity index (χ1n) is 5.75. The molecule has 0 N–H and O–H groups in total. The predicted molar refractivity (Wildman–Crippen MR) is 67.1 cm³/mol. The molecule has 1 rings (SSSR count). The quantitative estimate of drug-likeness (QED) is 0.432. The van der Waals surface area contributed by atoms with Gasteiger partial charge in [0.25, 0.3) is 0 Å². The van der Waals surface area contributed by atoms with Crippen LogP contribution in [0.2, 0.25) is 0 Å². The highest BCUT2D eigenvalue weighted by atomic mass is 32.2. The van der Waals surface area contributed by atoms with Gasteiger partial charge in [0.1, 0.15) is 17.3 Å². The fourth-order valence-electron chi connectivity index (χ4n) is 1.37. The summed E-state index contributed by atoms with van der Waals surface area (Å²) in [6.07, 6.45) is -4.08. The molecular formula is C12H12F4O5S. The number of rotatable bonds is 7. The van der Waals surface area contributed by atoms with Gasteiger partial charge in [0.2, 0.25) is 0 Å². The Hall–Kier alpha value is -1.68. The lowest BCUT2D eigenvalue weighted by Gasteiger charge is -2.16. The zero-order valence-corrected chi connectivity index (χ0v) is 12.3. The molecule has 22 heavy (non-hydrogen) atoms. The van der Waals surface area contributed by atoms with Crippen molar-refractivity contribution in [1.82, 2.24) is 0 Å². The van der Waals surface area contributed by atoms with E-state index in [0.29, 0.717) is 0 Å². The molecule has 0 aliphatic heterocycles. The summed E-state index contributed by atoms with van der Waals surface area (Å²) in [7, 11) is -3.71. The number of benzene rings is 1. The Bertz CT molecular complexity index is 657. The molecule has 0 bridgehead atoms. The van der Waals surface area contributed by atoms with E-state index in [1.54, 1.807) is 0 Å². The van der Waals surface area contributed by atoms with E-state index >= 15 is 0 Å². The summed E-state index contributed by atoms with van der Waals surface area (Å²) in [4.78, 5) is 10.5. The highest BCUT2D eigenvalue weighted by molar-refractivity contribution is 7.86. The molecule has 0 heterocycles. The van der Waals surface area contributed by atoms with E-state index in [0.717, 1.165) is 26.2 Å². The Morgan fingerprint density at radius 3 is 2.36 bits per heavy atom. The molecule has 0 atom stereocenters. The molecule has 0 spiro atoms. The molecule has 10 heteroatoms. The van der Waals surface area contributed by atoms with E-state index in [-0.39, 0.29) is 11.3 Å². The van der Waals surface area contributed by atoms with E-state index < -0.39 is 39.8 Å². The summed E-state index contributed by atoms with van der Waals surface area (Å²) in [5.74, 6) is -5.39. The fraction of sp³-hybridized carbons (Fsp3) is 0.417. The van der Waals surface area contributed by atoms with Crippen LogP contribution in [-0.4, -0.2) is 40.3 Å². The highest BCUT2D eigenvalue weighted by Gasteiger charge is 2.43. The Morgan fingerprint density at radius 1 is 1.32 bits per heavy atom. The van der Waals surface area contributed by atoms with Crippen LogP contribution in [0, 0.1) is 0 Å².